The summed E-state index contributed by atoms with van der Waals surface area (Å²) in [6.07, 6.45) is -1.96. The van der Waals surface area contributed by atoms with Crippen LogP contribution in [0.25, 0.3) is 5.57 Å². The molecular formula is C16H21NO4. The molecule has 0 fully saturated rings. The Bertz CT molecular complexity index is 563. The molecule has 1 amide bonds. The van der Waals surface area contributed by atoms with E-state index in [0.29, 0.717) is 0 Å². The van der Waals surface area contributed by atoms with E-state index in [1.54, 1.807) is 0 Å². The summed E-state index contributed by atoms with van der Waals surface area (Å²) in [6, 6.07) is 7.64. The summed E-state index contributed by atoms with van der Waals surface area (Å²) in [7, 11) is 0. The maximum atomic E-state index is 11.8. The number of carboxylic acids is 1. The van der Waals surface area contributed by atoms with Gasteiger partial charge in [0.2, 0.25) is 0 Å². The van der Waals surface area contributed by atoms with Gasteiger partial charge in [0.1, 0.15) is 0 Å². The van der Waals surface area contributed by atoms with Gasteiger partial charge in [-0.1, -0.05) is 30.4 Å². The Morgan fingerprint density at radius 1 is 1.38 bits per heavy atom. The van der Waals surface area contributed by atoms with Crippen LogP contribution in [0.5, 0.6) is 0 Å². The first-order valence-corrected chi connectivity index (χ1v) is 6.61. The first-order chi connectivity index (χ1) is 9.63. The quantitative estimate of drug-likeness (QED) is 0.873. The molecule has 2 N–H and O–H groups in total. The summed E-state index contributed by atoms with van der Waals surface area (Å²) in [6.45, 7) is 10.7. The number of ether oxygens (including phenoxy) is 1. The lowest BCUT2D eigenvalue weighted by Gasteiger charge is -2.27. The van der Waals surface area contributed by atoms with E-state index in [-0.39, 0.29) is 0 Å². The summed E-state index contributed by atoms with van der Waals surface area (Å²) in [5.74, 6) is -1.19. The molecule has 5 nitrogen and oxygen atoms in total. The number of carbonyl (C=O) groups is 2. The molecule has 1 unspecified atom stereocenters. The smallest absolute Gasteiger partial charge is 0.408 e. The van der Waals surface area contributed by atoms with Gasteiger partial charge in [0.05, 0.1) is 5.54 Å². The van der Waals surface area contributed by atoms with Gasteiger partial charge < -0.3 is 15.2 Å². The highest BCUT2D eigenvalue weighted by molar-refractivity contribution is 5.77. The number of carboxylic acid groups (broad SMARTS) is 1. The van der Waals surface area contributed by atoms with Crippen molar-refractivity contribution in [3.8, 4) is 0 Å². The molecule has 1 aromatic rings. The fourth-order valence-electron chi connectivity index (χ4n) is 1.74. The molecule has 0 aliphatic rings. The molecule has 1 rings (SSSR count). The lowest BCUT2D eigenvalue weighted by molar-refractivity contribution is -0.145. The molecule has 1 aromatic carbocycles. The number of allylic oxidation sites excluding steroid dienone is 1. The molecule has 0 radical (unpaired) electrons. The Morgan fingerprint density at radius 3 is 2.52 bits per heavy atom. The van der Waals surface area contributed by atoms with Crippen LogP contribution in [0.2, 0.25) is 0 Å². The van der Waals surface area contributed by atoms with Crippen molar-refractivity contribution in [3.05, 3.63) is 42.0 Å². The Morgan fingerprint density at radius 2 is 2.00 bits per heavy atom. The van der Waals surface area contributed by atoms with Gasteiger partial charge in [0, 0.05) is 0 Å². The molecule has 0 aromatic heterocycles. The maximum Gasteiger partial charge on any atom is 0.408 e. The van der Waals surface area contributed by atoms with Crippen molar-refractivity contribution in [2.45, 2.75) is 39.3 Å². The SMILES string of the molecule is C=C(C)c1cccc(C(C)(C)NC(=O)OC(C)C(=O)O)c1. The van der Waals surface area contributed by atoms with Gasteiger partial charge in [0.15, 0.2) is 6.10 Å². The van der Waals surface area contributed by atoms with Crippen LogP contribution in [0.15, 0.2) is 30.8 Å². The molecule has 1 atom stereocenters. The number of carbonyl (C=O) groups excluding carboxylic acids is 1. The van der Waals surface area contributed by atoms with E-state index in [1.807, 2.05) is 45.0 Å². The van der Waals surface area contributed by atoms with Crippen LogP contribution in [0, 0.1) is 0 Å². The molecule has 0 aliphatic heterocycles. The number of benzene rings is 1. The Balaban J connectivity index is 2.86. The lowest BCUT2D eigenvalue weighted by Crippen LogP contribution is -2.43. The number of nitrogens with one attached hydrogen (secondary N) is 1. The molecule has 0 saturated carbocycles. The third kappa shape index (κ3) is 4.63. The minimum absolute atomic E-state index is 0.694. The second kappa shape index (κ2) is 6.43. The zero-order valence-corrected chi connectivity index (χ0v) is 12.8. The van der Waals surface area contributed by atoms with Crippen molar-refractivity contribution < 1.29 is 19.4 Å². The van der Waals surface area contributed by atoms with E-state index >= 15 is 0 Å². The van der Waals surface area contributed by atoms with Crippen molar-refractivity contribution in [1.29, 1.82) is 0 Å². The highest BCUT2D eigenvalue weighted by atomic mass is 16.6. The van der Waals surface area contributed by atoms with E-state index in [0.717, 1.165) is 16.7 Å². The fourth-order valence-corrected chi connectivity index (χ4v) is 1.74. The second-order valence-electron chi connectivity index (χ2n) is 5.50. The molecule has 114 valence electrons. The van der Waals surface area contributed by atoms with Crippen LogP contribution in [0.3, 0.4) is 0 Å². The van der Waals surface area contributed by atoms with E-state index < -0.39 is 23.7 Å². The molecule has 21 heavy (non-hydrogen) atoms. The van der Waals surface area contributed by atoms with Gasteiger partial charge in [-0.2, -0.15) is 0 Å². The third-order valence-electron chi connectivity index (χ3n) is 3.12. The van der Waals surface area contributed by atoms with Gasteiger partial charge in [-0.05, 0) is 44.9 Å². The zero-order chi connectivity index (χ0) is 16.2. The van der Waals surface area contributed by atoms with Crippen molar-refractivity contribution >= 4 is 17.6 Å². The first kappa shape index (κ1) is 16.8. The van der Waals surface area contributed by atoms with Crippen LogP contribution in [0.1, 0.15) is 38.8 Å². The van der Waals surface area contributed by atoms with Crippen LogP contribution >= 0.6 is 0 Å². The van der Waals surface area contributed by atoms with Gasteiger partial charge in [-0.25, -0.2) is 9.59 Å². The summed E-state index contributed by atoms with van der Waals surface area (Å²) >= 11 is 0. The van der Waals surface area contributed by atoms with Gasteiger partial charge in [0.25, 0.3) is 0 Å². The predicted molar refractivity (Wildman–Crippen MR) is 80.9 cm³/mol. The number of alkyl carbamates (subject to hydrolysis) is 1. The molecule has 0 spiro atoms. The number of rotatable bonds is 5. The van der Waals surface area contributed by atoms with Crippen LogP contribution < -0.4 is 5.32 Å². The fraction of sp³-hybridized carbons (Fsp3) is 0.375. The van der Waals surface area contributed by atoms with Crippen molar-refractivity contribution in [2.75, 3.05) is 0 Å². The molecule has 0 saturated heterocycles. The monoisotopic (exact) mass is 291 g/mol. The Hall–Kier alpha value is -2.30. The highest BCUT2D eigenvalue weighted by Crippen LogP contribution is 2.23. The number of hydrogen-bond donors (Lipinski definition) is 2. The van der Waals surface area contributed by atoms with E-state index in [4.69, 9.17) is 9.84 Å². The molecular weight excluding hydrogens is 270 g/mol. The van der Waals surface area contributed by atoms with Crippen molar-refractivity contribution in [1.82, 2.24) is 5.32 Å². The normalized spacial score (nSPS) is 12.4. The largest absolute Gasteiger partial charge is 0.479 e. The minimum Gasteiger partial charge on any atom is -0.479 e. The lowest BCUT2D eigenvalue weighted by atomic mass is 9.92. The van der Waals surface area contributed by atoms with E-state index in [9.17, 15) is 9.59 Å². The predicted octanol–water partition coefficient (Wildman–Crippen LogP) is 3.15. The van der Waals surface area contributed by atoms with Gasteiger partial charge in [-0.15, -0.1) is 0 Å². The minimum atomic E-state index is -1.19. The average molecular weight is 291 g/mol. The maximum absolute atomic E-state index is 11.8. The number of amides is 1. The van der Waals surface area contributed by atoms with Gasteiger partial charge >= 0.3 is 12.1 Å². The first-order valence-electron chi connectivity index (χ1n) is 6.61. The van der Waals surface area contributed by atoms with Crippen LogP contribution in [-0.2, 0) is 15.1 Å². The topological polar surface area (TPSA) is 75.6 Å². The molecule has 5 heteroatoms. The van der Waals surface area contributed by atoms with Crippen molar-refractivity contribution in [3.63, 3.8) is 0 Å². The van der Waals surface area contributed by atoms with E-state index in [2.05, 4.69) is 11.9 Å². The van der Waals surface area contributed by atoms with Crippen molar-refractivity contribution in [2.24, 2.45) is 0 Å². The Kier molecular flexibility index (Phi) is 5.13. The Labute approximate surface area is 124 Å². The summed E-state index contributed by atoms with van der Waals surface area (Å²) in [4.78, 5) is 22.4. The highest BCUT2D eigenvalue weighted by Gasteiger charge is 2.26. The molecule has 0 bridgehead atoms. The summed E-state index contributed by atoms with van der Waals surface area (Å²) in [5.41, 5.74) is 2.09. The molecule has 0 heterocycles. The van der Waals surface area contributed by atoms with Gasteiger partial charge in [-0.3, -0.25) is 0 Å². The third-order valence-corrected chi connectivity index (χ3v) is 3.12. The average Bonchev–Trinajstić information content (AvgIpc) is 2.37. The molecule has 0 aliphatic carbocycles. The van der Waals surface area contributed by atoms with Crippen LogP contribution in [0.4, 0.5) is 4.79 Å². The summed E-state index contributed by atoms with van der Waals surface area (Å²) in [5, 5.41) is 11.4. The summed E-state index contributed by atoms with van der Waals surface area (Å²) < 4.78 is 4.78. The van der Waals surface area contributed by atoms with Crippen LogP contribution in [-0.4, -0.2) is 23.3 Å². The second-order valence-corrected chi connectivity index (χ2v) is 5.50. The standard InChI is InChI=1S/C16H21NO4/c1-10(2)12-7-6-8-13(9-12)16(4,5)17-15(20)21-11(3)14(18)19/h6-9,11H,1H2,2-5H3,(H,17,20)(H,18,19). The van der Waals surface area contributed by atoms with E-state index in [1.165, 1.54) is 6.92 Å². The zero-order valence-electron chi connectivity index (χ0n) is 12.8. The number of aliphatic carboxylic acids is 1. The number of hydrogen-bond acceptors (Lipinski definition) is 3.